The predicted octanol–water partition coefficient (Wildman–Crippen LogP) is 2.22. The monoisotopic (exact) mass is 312 g/mol. The Morgan fingerprint density at radius 1 is 1.38 bits per heavy atom. The normalized spacial score (nSPS) is 16.5. The summed E-state index contributed by atoms with van der Waals surface area (Å²) in [6, 6.07) is -0.190. The van der Waals surface area contributed by atoms with Crippen LogP contribution in [0.1, 0.15) is 45.0 Å². The zero-order valence-electron chi connectivity index (χ0n) is 13.2. The third kappa shape index (κ3) is 3.58. The first-order chi connectivity index (χ1) is 10.1. The molecule has 1 amide bonds. The summed E-state index contributed by atoms with van der Waals surface area (Å²) < 4.78 is 1.92. The molecule has 6 heteroatoms. The van der Waals surface area contributed by atoms with Crippen molar-refractivity contribution in [3.63, 3.8) is 0 Å². The lowest BCUT2D eigenvalue weighted by atomic mass is 10.2. The topological polar surface area (TPSA) is 50.2 Å². The molecule has 2 heterocycles. The van der Waals surface area contributed by atoms with E-state index in [1.54, 1.807) is 0 Å². The van der Waals surface area contributed by atoms with E-state index in [1.807, 2.05) is 30.4 Å². The number of carbonyl (C=O) groups excluding carboxylic acids is 1. The predicted molar refractivity (Wildman–Crippen MR) is 84.4 cm³/mol. The number of amides is 1. The number of rotatable bonds is 6. The van der Waals surface area contributed by atoms with E-state index in [9.17, 15) is 4.79 Å². The molecule has 21 heavy (non-hydrogen) atoms. The third-order valence-electron chi connectivity index (χ3n) is 4.06. The summed E-state index contributed by atoms with van der Waals surface area (Å²) in [5.41, 5.74) is 1.89. The second-order valence-electron chi connectivity index (χ2n) is 5.51. The van der Waals surface area contributed by atoms with Gasteiger partial charge in [-0.05, 0) is 33.1 Å². The summed E-state index contributed by atoms with van der Waals surface area (Å²) in [5.74, 6) is 0.182. The van der Waals surface area contributed by atoms with Crippen molar-refractivity contribution in [3.05, 3.63) is 16.4 Å². The van der Waals surface area contributed by atoms with E-state index in [0.717, 1.165) is 55.3 Å². The molecule has 1 atom stereocenters. The maximum Gasteiger partial charge on any atom is 0.239 e. The Hall–Kier alpha value is -1.07. The summed E-state index contributed by atoms with van der Waals surface area (Å²) in [6.45, 7) is 9.14. The summed E-state index contributed by atoms with van der Waals surface area (Å²) in [4.78, 5) is 14.2. The highest BCUT2D eigenvalue weighted by Crippen LogP contribution is 2.21. The molecule has 0 aliphatic carbocycles. The highest BCUT2D eigenvalue weighted by atomic mass is 35.5. The third-order valence-corrected chi connectivity index (χ3v) is 4.49. The lowest BCUT2D eigenvalue weighted by Gasteiger charge is -2.21. The average molecular weight is 313 g/mol. The second-order valence-corrected chi connectivity index (χ2v) is 5.89. The van der Waals surface area contributed by atoms with Crippen LogP contribution in [0.5, 0.6) is 0 Å². The van der Waals surface area contributed by atoms with Gasteiger partial charge >= 0.3 is 0 Å². The quantitative estimate of drug-likeness (QED) is 0.876. The van der Waals surface area contributed by atoms with Crippen molar-refractivity contribution in [2.24, 2.45) is 0 Å². The Balaban J connectivity index is 1.98. The van der Waals surface area contributed by atoms with E-state index in [0.29, 0.717) is 6.54 Å². The number of likely N-dealkylation sites (tertiary alicyclic amines) is 1. The molecule has 2 rings (SSSR count). The summed E-state index contributed by atoms with van der Waals surface area (Å²) in [7, 11) is 0. The number of carbonyl (C=O) groups is 1. The standard InChI is InChI=1S/C15H25ClN4O/c1-4-12-14(16)13(20(5-2)18-12)10-17-11(3)15(21)19-8-6-7-9-19/h11,17H,4-10H2,1-3H3. The Morgan fingerprint density at radius 3 is 2.62 bits per heavy atom. The zero-order valence-corrected chi connectivity index (χ0v) is 13.9. The first-order valence-electron chi connectivity index (χ1n) is 7.84. The second kappa shape index (κ2) is 7.27. The first-order valence-corrected chi connectivity index (χ1v) is 8.22. The van der Waals surface area contributed by atoms with E-state index in [4.69, 9.17) is 11.6 Å². The average Bonchev–Trinajstić information content (AvgIpc) is 3.12. The number of halogens is 1. The van der Waals surface area contributed by atoms with E-state index in [1.165, 1.54) is 0 Å². The van der Waals surface area contributed by atoms with Gasteiger partial charge in [-0.25, -0.2) is 0 Å². The number of nitrogens with one attached hydrogen (secondary N) is 1. The molecule has 1 aromatic rings. The van der Waals surface area contributed by atoms with Crippen LogP contribution in [-0.4, -0.2) is 39.7 Å². The van der Waals surface area contributed by atoms with Crippen LogP contribution in [0.15, 0.2) is 0 Å². The molecule has 5 nitrogen and oxygen atoms in total. The maximum atomic E-state index is 12.3. The molecule has 0 saturated carbocycles. The van der Waals surface area contributed by atoms with Gasteiger partial charge < -0.3 is 10.2 Å². The highest BCUT2D eigenvalue weighted by molar-refractivity contribution is 6.31. The Morgan fingerprint density at radius 2 is 2.05 bits per heavy atom. The van der Waals surface area contributed by atoms with E-state index in [-0.39, 0.29) is 11.9 Å². The molecule has 1 aromatic heterocycles. The van der Waals surface area contributed by atoms with Gasteiger partial charge in [0.15, 0.2) is 0 Å². The van der Waals surface area contributed by atoms with Crippen molar-refractivity contribution in [1.29, 1.82) is 0 Å². The Bertz CT molecular complexity index is 494. The van der Waals surface area contributed by atoms with E-state index in [2.05, 4.69) is 10.4 Å². The van der Waals surface area contributed by atoms with E-state index >= 15 is 0 Å². The fourth-order valence-corrected chi connectivity index (χ4v) is 3.07. The first kappa shape index (κ1) is 16.3. The van der Waals surface area contributed by atoms with Gasteiger partial charge in [0.05, 0.1) is 22.5 Å². The lowest BCUT2D eigenvalue weighted by molar-refractivity contribution is -0.132. The van der Waals surface area contributed by atoms with Gasteiger partial charge in [0.25, 0.3) is 0 Å². The van der Waals surface area contributed by atoms with Crippen molar-refractivity contribution in [1.82, 2.24) is 20.0 Å². The smallest absolute Gasteiger partial charge is 0.239 e. The molecule has 1 saturated heterocycles. The fourth-order valence-electron chi connectivity index (χ4n) is 2.73. The molecule has 0 spiro atoms. The molecule has 118 valence electrons. The number of nitrogens with zero attached hydrogens (tertiary/aromatic N) is 3. The van der Waals surface area contributed by atoms with Crippen molar-refractivity contribution < 1.29 is 4.79 Å². The summed E-state index contributed by atoms with van der Waals surface area (Å²) in [6.07, 6.45) is 3.06. The lowest BCUT2D eigenvalue weighted by Crippen LogP contribution is -2.43. The summed E-state index contributed by atoms with van der Waals surface area (Å²) >= 11 is 6.38. The van der Waals surface area contributed by atoms with Crippen LogP contribution >= 0.6 is 11.6 Å². The van der Waals surface area contributed by atoms with Gasteiger partial charge in [-0.15, -0.1) is 0 Å². The molecule has 0 radical (unpaired) electrons. The number of aromatic nitrogens is 2. The highest BCUT2D eigenvalue weighted by Gasteiger charge is 2.23. The van der Waals surface area contributed by atoms with Crippen molar-refractivity contribution in [2.45, 2.75) is 59.2 Å². The van der Waals surface area contributed by atoms with Crippen LogP contribution in [0.4, 0.5) is 0 Å². The van der Waals surface area contributed by atoms with Crippen LogP contribution in [-0.2, 0) is 24.3 Å². The molecule has 1 fully saturated rings. The van der Waals surface area contributed by atoms with Gasteiger partial charge in [-0.2, -0.15) is 5.10 Å². The van der Waals surface area contributed by atoms with Gasteiger partial charge in [0.2, 0.25) is 5.91 Å². The zero-order chi connectivity index (χ0) is 15.4. The minimum Gasteiger partial charge on any atom is -0.341 e. The molecule has 1 aliphatic rings. The van der Waals surface area contributed by atoms with Crippen LogP contribution in [0.2, 0.25) is 5.02 Å². The molecule has 1 unspecified atom stereocenters. The van der Waals surface area contributed by atoms with E-state index < -0.39 is 0 Å². The largest absolute Gasteiger partial charge is 0.341 e. The molecular weight excluding hydrogens is 288 g/mol. The maximum absolute atomic E-state index is 12.3. The van der Waals surface area contributed by atoms with Crippen LogP contribution in [0.25, 0.3) is 0 Å². The van der Waals surface area contributed by atoms with Gasteiger partial charge in [-0.3, -0.25) is 9.48 Å². The van der Waals surface area contributed by atoms with Crippen molar-refractivity contribution in [2.75, 3.05) is 13.1 Å². The summed E-state index contributed by atoms with van der Waals surface area (Å²) in [5, 5.41) is 8.52. The molecule has 0 bridgehead atoms. The molecule has 0 aromatic carbocycles. The SMILES string of the molecule is CCc1nn(CC)c(CNC(C)C(=O)N2CCCC2)c1Cl. The number of hydrogen-bond donors (Lipinski definition) is 1. The van der Waals surface area contributed by atoms with Gasteiger partial charge in [0.1, 0.15) is 0 Å². The van der Waals surface area contributed by atoms with Gasteiger partial charge in [0, 0.05) is 26.2 Å². The van der Waals surface area contributed by atoms with Crippen molar-refractivity contribution in [3.8, 4) is 0 Å². The number of hydrogen-bond acceptors (Lipinski definition) is 3. The Kier molecular flexibility index (Phi) is 5.65. The Labute approximate surface area is 131 Å². The molecular formula is C15H25ClN4O. The van der Waals surface area contributed by atoms with Gasteiger partial charge in [-0.1, -0.05) is 18.5 Å². The molecule has 1 aliphatic heterocycles. The fraction of sp³-hybridized carbons (Fsp3) is 0.733. The minimum atomic E-state index is -0.190. The number of aryl methyl sites for hydroxylation is 2. The molecule has 1 N–H and O–H groups in total. The minimum absolute atomic E-state index is 0.182. The van der Waals surface area contributed by atoms with Crippen LogP contribution in [0.3, 0.4) is 0 Å². The van der Waals surface area contributed by atoms with Crippen LogP contribution in [0, 0.1) is 0 Å². The van der Waals surface area contributed by atoms with Crippen molar-refractivity contribution >= 4 is 17.5 Å². The van der Waals surface area contributed by atoms with Crippen LogP contribution < -0.4 is 5.32 Å².